The molecule has 0 aliphatic rings. The Morgan fingerprint density at radius 3 is 2.84 bits per heavy atom. The van der Waals surface area contributed by atoms with Gasteiger partial charge in [-0.2, -0.15) is 0 Å². The summed E-state index contributed by atoms with van der Waals surface area (Å²) in [5.41, 5.74) is 0.808. The first-order valence-electron chi connectivity index (χ1n) is 6.23. The van der Waals surface area contributed by atoms with Crippen LogP contribution in [0.2, 0.25) is 0 Å². The lowest BCUT2D eigenvalue weighted by molar-refractivity contribution is 0.404. The molecule has 0 atom stereocenters. The first kappa shape index (κ1) is 13.4. The van der Waals surface area contributed by atoms with Crippen molar-refractivity contribution in [1.82, 2.24) is 10.3 Å². The zero-order valence-electron chi connectivity index (χ0n) is 11.1. The molecule has 0 aliphatic carbocycles. The number of rotatable bonds is 6. The molecule has 0 unspecified atom stereocenters. The van der Waals surface area contributed by atoms with Crippen molar-refractivity contribution >= 4 is 0 Å². The molecule has 2 aromatic rings. The van der Waals surface area contributed by atoms with E-state index in [9.17, 15) is 5.11 Å². The van der Waals surface area contributed by atoms with Gasteiger partial charge in [0.1, 0.15) is 17.3 Å². The molecule has 1 aromatic carbocycles. The summed E-state index contributed by atoms with van der Waals surface area (Å²) >= 11 is 0. The van der Waals surface area contributed by atoms with E-state index in [1.54, 1.807) is 19.4 Å². The van der Waals surface area contributed by atoms with Crippen LogP contribution >= 0.6 is 0 Å². The second-order valence-corrected chi connectivity index (χ2v) is 4.17. The van der Waals surface area contributed by atoms with Crippen molar-refractivity contribution in [3.63, 3.8) is 0 Å². The number of phenolic OH excluding ortho intramolecular Hbond substituents is 1. The summed E-state index contributed by atoms with van der Waals surface area (Å²) in [6, 6.07) is 5.24. The fourth-order valence-corrected chi connectivity index (χ4v) is 1.72. The summed E-state index contributed by atoms with van der Waals surface area (Å²) in [4.78, 5) is 4.16. The highest BCUT2D eigenvalue weighted by molar-refractivity contribution is 5.39. The molecule has 1 heterocycles. The molecule has 0 fully saturated rings. The molecule has 1 aromatic heterocycles. The van der Waals surface area contributed by atoms with E-state index in [0.29, 0.717) is 24.7 Å². The summed E-state index contributed by atoms with van der Waals surface area (Å²) in [7, 11) is 1.57. The molecule has 102 valence electrons. The van der Waals surface area contributed by atoms with Crippen LogP contribution in [0.25, 0.3) is 0 Å². The maximum atomic E-state index is 9.80. The topological polar surface area (TPSA) is 67.5 Å². The van der Waals surface area contributed by atoms with Crippen LogP contribution in [0.4, 0.5) is 0 Å². The van der Waals surface area contributed by atoms with Gasteiger partial charge in [-0.05, 0) is 6.07 Å². The van der Waals surface area contributed by atoms with Gasteiger partial charge < -0.3 is 19.6 Å². The molecule has 0 saturated heterocycles. The highest BCUT2D eigenvalue weighted by Crippen LogP contribution is 2.23. The molecule has 0 saturated carbocycles. The first-order valence-corrected chi connectivity index (χ1v) is 6.23. The molecule has 0 amide bonds. The minimum Gasteiger partial charge on any atom is -0.507 e. The highest BCUT2D eigenvalue weighted by atomic mass is 16.5. The average molecular weight is 262 g/mol. The normalized spacial score (nSPS) is 10.6. The third kappa shape index (κ3) is 3.48. The molecule has 5 heteroatoms. The van der Waals surface area contributed by atoms with Crippen LogP contribution in [0.5, 0.6) is 11.5 Å². The lowest BCUT2D eigenvalue weighted by Crippen LogP contribution is -2.12. The Bertz CT molecular complexity index is 537. The van der Waals surface area contributed by atoms with Gasteiger partial charge in [-0.15, -0.1) is 0 Å². The maximum absolute atomic E-state index is 9.80. The largest absolute Gasteiger partial charge is 0.507 e. The van der Waals surface area contributed by atoms with Gasteiger partial charge >= 0.3 is 0 Å². The van der Waals surface area contributed by atoms with E-state index in [-0.39, 0.29) is 5.75 Å². The summed E-state index contributed by atoms with van der Waals surface area (Å²) in [6.45, 7) is 3.10. The number of benzene rings is 1. The first-order chi connectivity index (χ1) is 9.22. The monoisotopic (exact) mass is 262 g/mol. The predicted octanol–water partition coefficient (Wildman–Crippen LogP) is 2.24. The van der Waals surface area contributed by atoms with Crippen molar-refractivity contribution in [3.05, 3.63) is 41.6 Å². The van der Waals surface area contributed by atoms with E-state index in [0.717, 1.165) is 17.7 Å². The highest BCUT2D eigenvalue weighted by Gasteiger charge is 2.05. The van der Waals surface area contributed by atoms with Gasteiger partial charge in [0, 0.05) is 24.6 Å². The number of phenols is 1. The summed E-state index contributed by atoms with van der Waals surface area (Å²) in [5.74, 6) is 2.39. The number of nitrogens with zero attached hydrogens (tertiary/aromatic N) is 1. The number of aryl methyl sites for hydroxylation is 1. The third-order valence-corrected chi connectivity index (χ3v) is 2.83. The van der Waals surface area contributed by atoms with Crippen LogP contribution in [0, 0.1) is 0 Å². The molecule has 0 spiro atoms. The summed E-state index contributed by atoms with van der Waals surface area (Å²) in [6.07, 6.45) is 2.58. The maximum Gasteiger partial charge on any atom is 0.208 e. The molecule has 0 aliphatic heterocycles. The second-order valence-electron chi connectivity index (χ2n) is 4.17. The fourth-order valence-electron chi connectivity index (χ4n) is 1.72. The molecule has 0 radical (unpaired) electrons. The Hall–Kier alpha value is -2.01. The van der Waals surface area contributed by atoms with Crippen LogP contribution < -0.4 is 10.1 Å². The quantitative estimate of drug-likeness (QED) is 0.835. The molecular weight excluding hydrogens is 244 g/mol. The number of oxazole rings is 1. The summed E-state index contributed by atoms with van der Waals surface area (Å²) in [5, 5.41) is 13.0. The van der Waals surface area contributed by atoms with Crippen molar-refractivity contribution < 1.29 is 14.3 Å². The Morgan fingerprint density at radius 1 is 1.37 bits per heavy atom. The zero-order valence-corrected chi connectivity index (χ0v) is 11.1. The van der Waals surface area contributed by atoms with E-state index in [4.69, 9.17) is 9.15 Å². The van der Waals surface area contributed by atoms with E-state index in [1.807, 2.05) is 19.1 Å². The molecule has 5 nitrogen and oxygen atoms in total. The van der Waals surface area contributed by atoms with E-state index in [2.05, 4.69) is 10.3 Å². The molecule has 0 bridgehead atoms. The van der Waals surface area contributed by atoms with Gasteiger partial charge in [-0.1, -0.05) is 13.0 Å². The minimum atomic E-state index is 0.216. The van der Waals surface area contributed by atoms with Crippen LogP contribution in [0.15, 0.2) is 28.8 Å². The Balaban J connectivity index is 1.88. The number of hydrogen-bond donors (Lipinski definition) is 2. The average Bonchev–Trinajstić information content (AvgIpc) is 2.88. The van der Waals surface area contributed by atoms with E-state index < -0.39 is 0 Å². The molecule has 2 N–H and O–H groups in total. The van der Waals surface area contributed by atoms with Crippen LogP contribution in [-0.2, 0) is 19.5 Å². The number of ether oxygens (including phenoxy) is 1. The van der Waals surface area contributed by atoms with Crippen molar-refractivity contribution in [3.8, 4) is 11.5 Å². The predicted molar refractivity (Wildman–Crippen MR) is 71.1 cm³/mol. The van der Waals surface area contributed by atoms with Crippen LogP contribution in [0.3, 0.4) is 0 Å². The van der Waals surface area contributed by atoms with Gasteiger partial charge in [-0.3, -0.25) is 0 Å². The number of aromatic nitrogens is 1. The van der Waals surface area contributed by atoms with E-state index in [1.165, 1.54) is 0 Å². The molecule has 2 rings (SSSR count). The Morgan fingerprint density at radius 2 is 2.21 bits per heavy atom. The van der Waals surface area contributed by atoms with Crippen molar-refractivity contribution in [1.29, 1.82) is 0 Å². The third-order valence-electron chi connectivity index (χ3n) is 2.83. The van der Waals surface area contributed by atoms with Gasteiger partial charge in [0.05, 0.1) is 19.9 Å². The Labute approximate surface area is 112 Å². The van der Waals surface area contributed by atoms with E-state index >= 15 is 0 Å². The lowest BCUT2D eigenvalue weighted by atomic mass is 10.2. The smallest absolute Gasteiger partial charge is 0.208 e. The molecular formula is C14H18N2O3. The number of nitrogens with one attached hydrogen (secondary N) is 1. The number of methoxy groups -OCH3 is 1. The van der Waals surface area contributed by atoms with Gasteiger partial charge in [0.15, 0.2) is 0 Å². The van der Waals surface area contributed by atoms with Gasteiger partial charge in [0.2, 0.25) is 5.89 Å². The fraction of sp³-hybridized carbons (Fsp3) is 0.357. The summed E-state index contributed by atoms with van der Waals surface area (Å²) < 4.78 is 10.5. The number of aromatic hydroxyl groups is 1. The lowest BCUT2D eigenvalue weighted by Gasteiger charge is -2.07. The van der Waals surface area contributed by atoms with Gasteiger partial charge in [0.25, 0.3) is 0 Å². The minimum absolute atomic E-state index is 0.216. The second kappa shape index (κ2) is 6.24. The van der Waals surface area contributed by atoms with Crippen molar-refractivity contribution in [2.75, 3.05) is 7.11 Å². The zero-order chi connectivity index (χ0) is 13.7. The van der Waals surface area contributed by atoms with Crippen molar-refractivity contribution in [2.45, 2.75) is 26.4 Å². The van der Waals surface area contributed by atoms with Gasteiger partial charge in [-0.25, -0.2) is 4.98 Å². The SMILES string of the molecule is CCc1cnc(CNCc2ccc(OC)cc2O)o1. The molecule has 19 heavy (non-hydrogen) atoms. The van der Waals surface area contributed by atoms with Crippen LogP contribution in [0.1, 0.15) is 24.1 Å². The van der Waals surface area contributed by atoms with Crippen LogP contribution in [-0.4, -0.2) is 17.2 Å². The van der Waals surface area contributed by atoms with Crippen molar-refractivity contribution in [2.24, 2.45) is 0 Å². The standard InChI is InChI=1S/C14H18N2O3/c1-3-11-8-16-14(19-11)9-15-7-10-4-5-12(18-2)6-13(10)17/h4-6,8,15,17H,3,7,9H2,1-2H3. The number of hydrogen-bond acceptors (Lipinski definition) is 5. The Kier molecular flexibility index (Phi) is 4.41.